The van der Waals surface area contributed by atoms with E-state index in [2.05, 4.69) is 6.07 Å². The number of β-amino-alcohol motifs (C(OH)–C–C–N with tert-alkyl or cyclic N) is 1. The summed E-state index contributed by atoms with van der Waals surface area (Å²) in [7, 11) is 3.83. The third-order valence-electron chi connectivity index (χ3n) is 4.72. The lowest BCUT2D eigenvalue weighted by Gasteiger charge is -2.26. The van der Waals surface area contributed by atoms with Crippen LogP contribution in [0.5, 0.6) is 0 Å². The summed E-state index contributed by atoms with van der Waals surface area (Å²) in [6.07, 6.45) is 0.588. The molecule has 1 aliphatic heterocycles. The first-order chi connectivity index (χ1) is 12.4. The first kappa shape index (κ1) is 18.1. The molecule has 1 fully saturated rings. The van der Waals surface area contributed by atoms with E-state index in [-0.39, 0.29) is 5.91 Å². The van der Waals surface area contributed by atoms with Gasteiger partial charge in [-0.1, -0.05) is 30.3 Å². The molecule has 26 heavy (non-hydrogen) atoms. The van der Waals surface area contributed by atoms with Crippen LogP contribution < -0.4 is 0 Å². The van der Waals surface area contributed by atoms with E-state index in [0.29, 0.717) is 37.2 Å². The van der Waals surface area contributed by atoms with Crippen LogP contribution in [0, 0.1) is 11.3 Å². The third-order valence-corrected chi connectivity index (χ3v) is 4.72. The smallest absolute Gasteiger partial charge is 0.253 e. The fourth-order valence-corrected chi connectivity index (χ4v) is 3.55. The second-order valence-electron chi connectivity index (χ2n) is 7.17. The van der Waals surface area contributed by atoms with Gasteiger partial charge in [-0.25, -0.2) is 0 Å². The Kier molecular flexibility index (Phi) is 5.08. The van der Waals surface area contributed by atoms with E-state index in [9.17, 15) is 15.2 Å². The van der Waals surface area contributed by atoms with E-state index in [1.165, 1.54) is 0 Å². The van der Waals surface area contributed by atoms with Gasteiger partial charge in [-0.2, -0.15) is 5.26 Å². The molecule has 5 nitrogen and oxygen atoms in total. The molecule has 0 aliphatic carbocycles. The predicted molar refractivity (Wildman–Crippen MR) is 101 cm³/mol. The predicted octanol–water partition coefficient (Wildman–Crippen LogP) is 2.36. The second-order valence-corrected chi connectivity index (χ2v) is 7.17. The monoisotopic (exact) mass is 349 g/mol. The van der Waals surface area contributed by atoms with Gasteiger partial charge in [0, 0.05) is 18.7 Å². The van der Waals surface area contributed by atoms with E-state index < -0.39 is 5.60 Å². The minimum Gasteiger partial charge on any atom is -0.387 e. The van der Waals surface area contributed by atoms with Gasteiger partial charge < -0.3 is 14.9 Å². The highest BCUT2D eigenvalue weighted by molar-refractivity contribution is 5.95. The molecular weight excluding hydrogens is 326 g/mol. The zero-order valence-corrected chi connectivity index (χ0v) is 15.1. The molecule has 0 spiro atoms. The number of hydrogen-bond donors (Lipinski definition) is 1. The van der Waals surface area contributed by atoms with E-state index in [0.717, 1.165) is 11.1 Å². The summed E-state index contributed by atoms with van der Waals surface area (Å²) in [6.45, 7) is 1.45. The summed E-state index contributed by atoms with van der Waals surface area (Å²) in [5.74, 6) is -0.0696. The molecule has 134 valence electrons. The van der Waals surface area contributed by atoms with Gasteiger partial charge in [0.15, 0.2) is 0 Å². The Hall–Kier alpha value is -2.68. The lowest BCUT2D eigenvalue weighted by atomic mass is 9.99. The van der Waals surface area contributed by atoms with Crippen LogP contribution in [0.15, 0.2) is 48.5 Å². The summed E-state index contributed by atoms with van der Waals surface area (Å²) in [4.78, 5) is 16.4. The zero-order chi connectivity index (χ0) is 18.7. The van der Waals surface area contributed by atoms with Gasteiger partial charge in [0.25, 0.3) is 5.91 Å². The summed E-state index contributed by atoms with van der Waals surface area (Å²) < 4.78 is 0. The molecule has 1 unspecified atom stereocenters. The van der Waals surface area contributed by atoms with Gasteiger partial charge in [-0.15, -0.1) is 0 Å². The molecule has 2 aromatic carbocycles. The van der Waals surface area contributed by atoms with Crippen LogP contribution in [0.1, 0.15) is 22.3 Å². The van der Waals surface area contributed by atoms with Crippen molar-refractivity contribution in [3.63, 3.8) is 0 Å². The largest absolute Gasteiger partial charge is 0.387 e. The van der Waals surface area contributed by atoms with Crippen LogP contribution in [-0.2, 0) is 0 Å². The summed E-state index contributed by atoms with van der Waals surface area (Å²) >= 11 is 0. The molecule has 0 bridgehead atoms. The SMILES string of the molecule is CN(C)CC1(O)CCN(C(=O)c2ccc(-c3ccccc3C#N)cc2)C1. The van der Waals surface area contributed by atoms with Crippen molar-refractivity contribution >= 4 is 5.91 Å². The van der Waals surface area contributed by atoms with Gasteiger partial charge in [-0.3, -0.25) is 4.79 Å². The number of likely N-dealkylation sites (tertiary alicyclic amines) is 1. The number of rotatable bonds is 4. The molecule has 0 saturated carbocycles. The first-order valence-electron chi connectivity index (χ1n) is 8.68. The number of benzene rings is 2. The number of aliphatic hydroxyl groups is 1. The molecule has 0 aromatic heterocycles. The minimum absolute atomic E-state index is 0.0696. The number of hydrogen-bond acceptors (Lipinski definition) is 4. The zero-order valence-electron chi connectivity index (χ0n) is 15.1. The highest BCUT2D eigenvalue weighted by Crippen LogP contribution is 2.26. The van der Waals surface area contributed by atoms with Crippen molar-refractivity contribution < 1.29 is 9.90 Å². The lowest BCUT2D eigenvalue weighted by Crippen LogP contribution is -2.43. The molecule has 1 amide bonds. The van der Waals surface area contributed by atoms with Crippen LogP contribution in [-0.4, -0.2) is 60.1 Å². The van der Waals surface area contributed by atoms with Crippen LogP contribution in [0.3, 0.4) is 0 Å². The van der Waals surface area contributed by atoms with Crippen LogP contribution in [0.2, 0.25) is 0 Å². The average Bonchev–Trinajstić information content (AvgIpc) is 3.02. The van der Waals surface area contributed by atoms with E-state index in [1.807, 2.05) is 49.3 Å². The maximum Gasteiger partial charge on any atom is 0.253 e. The van der Waals surface area contributed by atoms with E-state index in [1.54, 1.807) is 23.1 Å². The molecule has 0 radical (unpaired) electrons. The Labute approximate surface area is 154 Å². The van der Waals surface area contributed by atoms with Crippen molar-refractivity contribution in [3.8, 4) is 17.2 Å². The van der Waals surface area contributed by atoms with Gasteiger partial charge in [0.05, 0.1) is 23.8 Å². The average molecular weight is 349 g/mol. The van der Waals surface area contributed by atoms with Crippen LogP contribution >= 0.6 is 0 Å². The van der Waals surface area contributed by atoms with E-state index in [4.69, 9.17) is 0 Å². The maximum atomic E-state index is 12.7. The molecule has 1 atom stereocenters. The molecular formula is C21H23N3O2. The van der Waals surface area contributed by atoms with Crippen LogP contribution in [0.25, 0.3) is 11.1 Å². The van der Waals surface area contributed by atoms with Gasteiger partial charge in [0.2, 0.25) is 0 Å². The highest BCUT2D eigenvalue weighted by atomic mass is 16.3. The van der Waals surface area contributed by atoms with Gasteiger partial charge in [-0.05, 0) is 49.8 Å². The molecule has 1 N–H and O–H groups in total. The molecule has 5 heteroatoms. The Balaban J connectivity index is 1.75. The first-order valence-corrected chi connectivity index (χ1v) is 8.68. The quantitative estimate of drug-likeness (QED) is 0.920. The van der Waals surface area contributed by atoms with Gasteiger partial charge >= 0.3 is 0 Å². The fraction of sp³-hybridized carbons (Fsp3) is 0.333. The number of likely N-dealkylation sites (N-methyl/N-ethyl adjacent to an activating group) is 1. The lowest BCUT2D eigenvalue weighted by molar-refractivity contribution is 0.0236. The van der Waals surface area contributed by atoms with Crippen molar-refractivity contribution in [1.29, 1.82) is 5.26 Å². The van der Waals surface area contributed by atoms with Crippen molar-refractivity contribution in [2.24, 2.45) is 0 Å². The number of amides is 1. The van der Waals surface area contributed by atoms with Gasteiger partial charge in [0.1, 0.15) is 0 Å². The topological polar surface area (TPSA) is 67.6 Å². The highest BCUT2D eigenvalue weighted by Gasteiger charge is 2.38. The molecule has 1 aliphatic rings. The fourth-order valence-electron chi connectivity index (χ4n) is 3.55. The molecule has 1 heterocycles. The van der Waals surface area contributed by atoms with Crippen molar-refractivity contribution in [2.45, 2.75) is 12.0 Å². The third kappa shape index (κ3) is 3.77. The standard InChI is InChI=1S/C21H23N3O2/c1-23(2)14-21(26)11-12-24(15-21)20(25)17-9-7-16(8-10-17)19-6-4-3-5-18(19)13-22/h3-10,26H,11-12,14-15H2,1-2H3. The Morgan fingerprint density at radius 2 is 1.92 bits per heavy atom. The van der Waals surface area contributed by atoms with Crippen molar-refractivity contribution in [1.82, 2.24) is 9.80 Å². The second kappa shape index (κ2) is 7.28. The number of carbonyl (C=O) groups excluding carboxylic acids is 1. The minimum atomic E-state index is -0.842. The Morgan fingerprint density at radius 3 is 2.58 bits per heavy atom. The maximum absolute atomic E-state index is 12.7. The van der Waals surface area contributed by atoms with Crippen molar-refractivity contribution in [2.75, 3.05) is 33.7 Å². The van der Waals surface area contributed by atoms with E-state index >= 15 is 0 Å². The molecule has 2 aromatic rings. The summed E-state index contributed by atoms with van der Waals surface area (Å²) in [6, 6.07) is 16.9. The van der Waals surface area contributed by atoms with Crippen molar-refractivity contribution in [3.05, 3.63) is 59.7 Å². The number of nitrogens with zero attached hydrogens (tertiary/aromatic N) is 3. The normalized spacial score (nSPS) is 19.6. The number of nitriles is 1. The number of carbonyl (C=O) groups is 1. The summed E-state index contributed by atoms with van der Waals surface area (Å²) in [5, 5.41) is 19.9. The Morgan fingerprint density at radius 1 is 1.23 bits per heavy atom. The Bertz CT molecular complexity index is 839. The summed E-state index contributed by atoms with van der Waals surface area (Å²) in [5.41, 5.74) is 2.13. The molecule has 3 rings (SSSR count). The van der Waals surface area contributed by atoms with Crippen LogP contribution in [0.4, 0.5) is 0 Å². The molecule has 1 saturated heterocycles.